The summed E-state index contributed by atoms with van der Waals surface area (Å²) in [6.45, 7) is 3.82. The molecule has 1 aromatic heterocycles. The molecule has 4 nitrogen and oxygen atoms in total. The highest BCUT2D eigenvalue weighted by atomic mass is 79.9. The number of halogens is 1. The minimum atomic E-state index is -3.58. The summed E-state index contributed by atoms with van der Waals surface area (Å²) >= 11 is 3.18. The first kappa shape index (κ1) is 12.3. The van der Waals surface area contributed by atoms with Gasteiger partial charge in [0.25, 0.3) is 10.0 Å². The van der Waals surface area contributed by atoms with Crippen molar-refractivity contribution in [1.29, 1.82) is 0 Å². The highest BCUT2D eigenvalue weighted by molar-refractivity contribution is 9.10. The Morgan fingerprint density at radius 2 is 1.94 bits per heavy atom. The maximum absolute atomic E-state index is 12.2. The third-order valence-electron chi connectivity index (χ3n) is 2.55. The number of benzene rings is 1. The molecule has 2 aromatic rings. The van der Waals surface area contributed by atoms with Crippen LogP contribution in [0.1, 0.15) is 11.1 Å². The molecule has 90 valence electrons. The SMILES string of the molecule is Cc1ccc(S(=O)(=O)n2cc(Br)cn2)cc1C. The van der Waals surface area contributed by atoms with Crippen molar-refractivity contribution < 1.29 is 8.42 Å². The average Bonchev–Trinajstić information content (AvgIpc) is 2.69. The standard InChI is InChI=1S/C11H11BrN2O2S/c1-8-3-4-11(5-9(8)2)17(15,16)14-7-10(12)6-13-14/h3-7H,1-2H3. The summed E-state index contributed by atoms with van der Waals surface area (Å²) in [5.74, 6) is 0. The van der Waals surface area contributed by atoms with Crippen molar-refractivity contribution in [2.24, 2.45) is 0 Å². The van der Waals surface area contributed by atoms with Crippen LogP contribution in [0.2, 0.25) is 0 Å². The number of nitrogens with zero attached hydrogens (tertiary/aromatic N) is 2. The molecule has 0 fully saturated rings. The van der Waals surface area contributed by atoms with Gasteiger partial charge in [-0.25, -0.2) is 0 Å². The second-order valence-electron chi connectivity index (χ2n) is 3.78. The van der Waals surface area contributed by atoms with Crippen molar-refractivity contribution in [3.05, 3.63) is 46.2 Å². The molecule has 0 bridgehead atoms. The lowest BCUT2D eigenvalue weighted by atomic mass is 10.1. The maximum Gasteiger partial charge on any atom is 0.282 e. The molecule has 0 saturated heterocycles. The van der Waals surface area contributed by atoms with Crippen molar-refractivity contribution >= 4 is 26.0 Å². The minimum absolute atomic E-state index is 0.246. The smallest absolute Gasteiger partial charge is 0.199 e. The second kappa shape index (κ2) is 4.27. The van der Waals surface area contributed by atoms with Gasteiger partial charge in [-0.05, 0) is 53.0 Å². The van der Waals surface area contributed by atoms with Gasteiger partial charge in [0.1, 0.15) is 0 Å². The Morgan fingerprint density at radius 1 is 1.24 bits per heavy atom. The molecule has 0 N–H and O–H groups in total. The molecule has 0 spiro atoms. The molecule has 0 aliphatic heterocycles. The van der Waals surface area contributed by atoms with Crippen molar-refractivity contribution in [1.82, 2.24) is 9.19 Å². The molecule has 0 amide bonds. The van der Waals surface area contributed by atoms with Gasteiger partial charge < -0.3 is 0 Å². The molecule has 1 heterocycles. The highest BCUT2D eigenvalue weighted by Crippen LogP contribution is 2.18. The lowest BCUT2D eigenvalue weighted by Gasteiger charge is -2.06. The number of rotatable bonds is 2. The third kappa shape index (κ3) is 2.28. The fraction of sp³-hybridized carbons (Fsp3) is 0.182. The molecular formula is C11H11BrN2O2S. The van der Waals surface area contributed by atoms with Crippen LogP contribution in [0, 0.1) is 13.8 Å². The zero-order chi connectivity index (χ0) is 12.6. The Balaban J connectivity index is 2.56. The van der Waals surface area contributed by atoms with Crippen LogP contribution in [0.3, 0.4) is 0 Å². The van der Waals surface area contributed by atoms with E-state index in [2.05, 4.69) is 21.0 Å². The Kier molecular flexibility index (Phi) is 3.09. The summed E-state index contributed by atoms with van der Waals surface area (Å²) < 4.78 is 26.0. The van der Waals surface area contributed by atoms with Gasteiger partial charge in [-0.1, -0.05) is 6.07 Å². The molecule has 0 saturated carbocycles. The van der Waals surface area contributed by atoms with Crippen LogP contribution >= 0.6 is 15.9 Å². The van der Waals surface area contributed by atoms with E-state index >= 15 is 0 Å². The van der Waals surface area contributed by atoms with Gasteiger partial charge >= 0.3 is 0 Å². The molecule has 2 rings (SSSR count). The first-order chi connectivity index (χ1) is 7.91. The van der Waals surface area contributed by atoms with Gasteiger partial charge in [-0.2, -0.15) is 17.6 Å². The van der Waals surface area contributed by atoms with E-state index < -0.39 is 10.0 Å². The van der Waals surface area contributed by atoms with Crippen molar-refractivity contribution in [3.8, 4) is 0 Å². The lowest BCUT2D eigenvalue weighted by Crippen LogP contribution is -2.13. The third-order valence-corrected chi connectivity index (χ3v) is 4.50. The summed E-state index contributed by atoms with van der Waals surface area (Å²) in [7, 11) is -3.58. The van der Waals surface area contributed by atoms with Gasteiger partial charge in [0, 0.05) is 0 Å². The minimum Gasteiger partial charge on any atom is -0.199 e. The van der Waals surface area contributed by atoms with Crippen LogP contribution in [0.25, 0.3) is 0 Å². The first-order valence-electron chi connectivity index (χ1n) is 4.94. The summed E-state index contributed by atoms with van der Waals surface area (Å²) in [6.07, 6.45) is 2.86. The Morgan fingerprint density at radius 3 is 2.47 bits per heavy atom. The molecule has 17 heavy (non-hydrogen) atoms. The predicted molar refractivity (Wildman–Crippen MR) is 68.4 cm³/mol. The lowest BCUT2D eigenvalue weighted by molar-refractivity contribution is 0.580. The first-order valence-corrected chi connectivity index (χ1v) is 7.17. The van der Waals surface area contributed by atoms with Crippen LogP contribution < -0.4 is 0 Å². The topological polar surface area (TPSA) is 52.0 Å². The van der Waals surface area contributed by atoms with E-state index in [1.807, 2.05) is 13.8 Å². The van der Waals surface area contributed by atoms with Gasteiger partial charge in [0.15, 0.2) is 0 Å². The fourth-order valence-electron chi connectivity index (χ4n) is 1.40. The number of aryl methyl sites for hydroxylation is 2. The van der Waals surface area contributed by atoms with Gasteiger partial charge in [-0.3, -0.25) is 0 Å². The Hall–Kier alpha value is -1.14. The monoisotopic (exact) mass is 314 g/mol. The number of hydrogen-bond donors (Lipinski definition) is 0. The van der Waals surface area contributed by atoms with Crippen LogP contribution in [0.4, 0.5) is 0 Å². The maximum atomic E-state index is 12.2. The van der Waals surface area contributed by atoms with Crippen molar-refractivity contribution in [2.75, 3.05) is 0 Å². The van der Waals surface area contributed by atoms with E-state index in [-0.39, 0.29) is 4.90 Å². The molecule has 0 unspecified atom stereocenters. The van der Waals surface area contributed by atoms with Gasteiger partial charge in [0.05, 0.1) is 21.8 Å². The fourth-order valence-corrected chi connectivity index (χ4v) is 3.02. The van der Waals surface area contributed by atoms with Crippen LogP contribution in [-0.4, -0.2) is 17.6 Å². The molecule has 0 aliphatic rings. The largest absolute Gasteiger partial charge is 0.282 e. The molecule has 6 heteroatoms. The zero-order valence-corrected chi connectivity index (χ0v) is 11.8. The Labute approximate surface area is 108 Å². The van der Waals surface area contributed by atoms with Crippen molar-refractivity contribution in [3.63, 3.8) is 0 Å². The molecular weight excluding hydrogens is 304 g/mol. The zero-order valence-electron chi connectivity index (χ0n) is 9.38. The molecule has 0 aliphatic carbocycles. The van der Waals surface area contributed by atoms with E-state index in [1.165, 1.54) is 12.4 Å². The summed E-state index contributed by atoms with van der Waals surface area (Å²) in [6, 6.07) is 5.04. The normalized spacial score (nSPS) is 11.7. The predicted octanol–water partition coefficient (Wildman–Crippen LogP) is 2.50. The van der Waals surface area contributed by atoms with Gasteiger partial charge in [-0.15, -0.1) is 0 Å². The van der Waals surface area contributed by atoms with E-state index in [9.17, 15) is 8.42 Å². The van der Waals surface area contributed by atoms with E-state index in [0.717, 1.165) is 15.2 Å². The van der Waals surface area contributed by atoms with Crippen LogP contribution in [-0.2, 0) is 10.0 Å². The molecule has 1 aromatic carbocycles. The molecule has 0 atom stereocenters. The van der Waals surface area contributed by atoms with Gasteiger partial charge in [0.2, 0.25) is 0 Å². The van der Waals surface area contributed by atoms with Crippen molar-refractivity contribution in [2.45, 2.75) is 18.7 Å². The number of aromatic nitrogens is 2. The van der Waals surface area contributed by atoms with Crippen LogP contribution in [0.15, 0.2) is 40.0 Å². The van der Waals surface area contributed by atoms with Crippen LogP contribution in [0.5, 0.6) is 0 Å². The Bertz CT molecular complexity index is 662. The summed E-state index contributed by atoms with van der Waals surface area (Å²) in [4.78, 5) is 0.246. The quantitative estimate of drug-likeness (QED) is 0.855. The molecule has 0 radical (unpaired) electrons. The summed E-state index contributed by atoms with van der Waals surface area (Å²) in [5.41, 5.74) is 2.00. The number of hydrogen-bond acceptors (Lipinski definition) is 3. The van der Waals surface area contributed by atoms with E-state index in [0.29, 0.717) is 4.47 Å². The second-order valence-corrected chi connectivity index (χ2v) is 6.49. The highest BCUT2D eigenvalue weighted by Gasteiger charge is 2.18. The van der Waals surface area contributed by atoms with E-state index in [4.69, 9.17) is 0 Å². The van der Waals surface area contributed by atoms with E-state index in [1.54, 1.807) is 18.2 Å². The summed E-state index contributed by atoms with van der Waals surface area (Å²) in [5, 5.41) is 3.80. The average molecular weight is 315 g/mol.